The van der Waals surface area contributed by atoms with Crippen molar-refractivity contribution < 1.29 is 69.0 Å². The van der Waals surface area contributed by atoms with Crippen molar-refractivity contribution >= 4 is 5.97 Å². The molecule has 0 aromatic heterocycles. The second kappa shape index (κ2) is 43.1. The number of carbonyl (C=O) groups excluding carboxylic acids is 1. The first kappa shape index (κ1) is 63.8. The molecule has 404 valence electrons. The second-order valence-electron chi connectivity index (χ2n) is 17.9. The van der Waals surface area contributed by atoms with Gasteiger partial charge in [0.1, 0.15) is 54.9 Å². The topological polar surface area (TPSA) is 214 Å². The second-order valence-corrected chi connectivity index (χ2v) is 17.9. The van der Waals surface area contributed by atoms with Crippen LogP contribution in [-0.2, 0) is 33.2 Å². The highest BCUT2D eigenvalue weighted by Gasteiger charge is 2.47. The van der Waals surface area contributed by atoms with Crippen molar-refractivity contribution in [2.24, 2.45) is 0 Å². The van der Waals surface area contributed by atoms with E-state index in [1.807, 2.05) is 0 Å². The molecule has 0 radical (unpaired) electrons. The van der Waals surface area contributed by atoms with E-state index in [1.54, 1.807) is 0 Å². The molecule has 2 saturated heterocycles. The normalized spacial score (nSPS) is 26.2. The number of rotatable bonds is 40. The van der Waals surface area contributed by atoms with E-state index in [4.69, 9.17) is 28.4 Å². The van der Waals surface area contributed by atoms with E-state index in [9.17, 15) is 40.5 Å². The van der Waals surface area contributed by atoms with E-state index in [0.717, 1.165) is 116 Å². The number of ether oxygens (including phenoxy) is 6. The summed E-state index contributed by atoms with van der Waals surface area (Å²) in [6, 6.07) is 0. The number of allylic oxidation sites excluding steroid dienone is 18. The Morgan fingerprint density at radius 3 is 1.35 bits per heavy atom. The average Bonchev–Trinajstić information content (AvgIpc) is 3.37. The van der Waals surface area contributed by atoms with Crippen LogP contribution in [0.1, 0.15) is 142 Å². The van der Waals surface area contributed by atoms with Crippen molar-refractivity contribution in [2.45, 2.75) is 210 Å². The van der Waals surface area contributed by atoms with Gasteiger partial charge < -0.3 is 64.2 Å². The summed E-state index contributed by atoms with van der Waals surface area (Å²) in [5.41, 5.74) is 0. The van der Waals surface area contributed by atoms with Gasteiger partial charge in [-0.2, -0.15) is 0 Å². The van der Waals surface area contributed by atoms with E-state index in [-0.39, 0.29) is 19.6 Å². The van der Waals surface area contributed by atoms with Gasteiger partial charge in [0, 0.05) is 13.0 Å². The van der Waals surface area contributed by atoms with E-state index >= 15 is 0 Å². The molecule has 2 rings (SSSR count). The van der Waals surface area contributed by atoms with Gasteiger partial charge in [0.25, 0.3) is 0 Å². The SMILES string of the molecule is CC/C=C\C/C=C\C/C=C\C/C=C\C/C=C\C/C=C\CCCCCCC(=O)OC(COCCCCCC/C=C\C/C=C\C/C=C\CC)COC1OC(COC2OC(CO)C(O)C(O)C2O)C(O)C(O)C1O. The Kier molecular flexibility index (Phi) is 38.7. The Morgan fingerprint density at radius 1 is 0.465 bits per heavy atom. The zero-order valence-electron chi connectivity index (χ0n) is 42.9. The third kappa shape index (κ3) is 30.4. The lowest BCUT2D eigenvalue weighted by atomic mass is 9.98. The quantitative estimate of drug-likeness (QED) is 0.0175. The number of carbonyl (C=O) groups is 1. The molecule has 71 heavy (non-hydrogen) atoms. The molecule has 0 aromatic rings. The smallest absolute Gasteiger partial charge is 0.306 e. The molecule has 0 aromatic carbocycles. The molecule has 0 bridgehead atoms. The zero-order chi connectivity index (χ0) is 51.6. The van der Waals surface area contributed by atoms with Gasteiger partial charge >= 0.3 is 5.97 Å². The Morgan fingerprint density at radius 2 is 0.873 bits per heavy atom. The summed E-state index contributed by atoms with van der Waals surface area (Å²) in [5, 5.41) is 72.2. The first-order chi connectivity index (χ1) is 34.6. The lowest BCUT2D eigenvalue weighted by Crippen LogP contribution is -2.61. The Balaban J connectivity index is 1.77. The van der Waals surface area contributed by atoms with Crippen LogP contribution in [0.5, 0.6) is 0 Å². The average molecular weight is 1000 g/mol. The summed E-state index contributed by atoms with van der Waals surface area (Å²) in [6.45, 7) is 3.33. The number of aliphatic hydroxyl groups is 7. The van der Waals surface area contributed by atoms with Gasteiger partial charge in [-0.05, 0) is 96.3 Å². The van der Waals surface area contributed by atoms with Gasteiger partial charge in [0.2, 0.25) is 0 Å². The van der Waals surface area contributed by atoms with Crippen LogP contribution in [0.3, 0.4) is 0 Å². The number of aliphatic hydroxyl groups excluding tert-OH is 7. The molecule has 7 N–H and O–H groups in total. The van der Waals surface area contributed by atoms with E-state index in [2.05, 4.69) is 123 Å². The third-order valence-electron chi connectivity index (χ3n) is 11.8. The third-order valence-corrected chi connectivity index (χ3v) is 11.8. The van der Waals surface area contributed by atoms with Crippen molar-refractivity contribution in [1.29, 1.82) is 0 Å². The van der Waals surface area contributed by atoms with Crippen molar-refractivity contribution in [3.63, 3.8) is 0 Å². The Labute approximate surface area is 425 Å². The van der Waals surface area contributed by atoms with Crippen LogP contribution < -0.4 is 0 Å². The first-order valence-electron chi connectivity index (χ1n) is 26.5. The monoisotopic (exact) mass is 1000 g/mol. The molecular weight excluding hydrogens is 909 g/mol. The molecule has 0 amide bonds. The molecule has 2 aliphatic rings. The summed E-state index contributed by atoms with van der Waals surface area (Å²) < 4.78 is 34.2. The van der Waals surface area contributed by atoms with Gasteiger partial charge in [-0.3, -0.25) is 4.79 Å². The van der Waals surface area contributed by atoms with Gasteiger partial charge in [0.15, 0.2) is 12.6 Å². The fraction of sp³-hybridized carbons (Fsp3) is 0.667. The maximum atomic E-state index is 13.0. The van der Waals surface area contributed by atoms with Gasteiger partial charge in [-0.1, -0.05) is 149 Å². The van der Waals surface area contributed by atoms with Gasteiger partial charge in [0.05, 0.1) is 26.4 Å². The minimum absolute atomic E-state index is 0.0276. The molecule has 2 aliphatic heterocycles. The molecule has 14 heteroatoms. The maximum Gasteiger partial charge on any atom is 0.306 e. The van der Waals surface area contributed by atoms with Crippen LogP contribution in [0.2, 0.25) is 0 Å². The van der Waals surface area contributed by atoms with E-state index in [0.29, 0.717) is 13.0 Å². The lowest BCUT2D eigenvalue weighted by molar-refractivity contribution is -0.332. The van der Waals surface area contributed by atoms with Gasteiger partial charge in [-0.25, -0.2) is 0 Å². The van der Waals surface area contributed by atoms with Crippen LogP contribution in [0, 0.1) is 0 Å². The predicted molar refractivity (Wildman–Crippen MR) is 279 cm³/mol. The summed E-state index contributed by atoms with van der Waals surface area (Å²) >= 11 is 0. The van der Waals surface area contributed by atoms with Gasteiger partial charge in [-0.15, -0.1) is 0 Å². The zero-order valence-corrected chi connectivity index (χ0v) is 42.9. The van der Waals surface area contributed by atoms with Crippen LogP contribution in [0.25, 0.3) is 0 Å². The van der Waals surface area contributed by atoms with Crippen molar-refractivity contribution in [3.8, 4) is 0 Å². The maximum absolute atomic E-state index is 13.0. The number of unbranched alkanes of at least 4 members (excludes halogenated alkanes) is 8. The Bertz CT molecular complexity index is 1580. The highest BCUT2D eigenvalue weighted by Crippen LogP contribution is 2.26. The largest absolute Gasteiger partial charge is 0.457 e. The predicted octanol–water partition coefficient (Wildman–Crippen LogP) is 8.40. The molecule has 0 aliphatic carbocycles. The summed E-state index contributed by atoms with van der Waals surface area (Å²) in [5.74, 6) is -0.414. The minimum atomic E-state index is -1.72. The van der Waals surface area contributed by atoms with E-state index in [1.165, 1.54) is 0 Å². The van der Waals surface area contributed by atoms with Crippen molar-refractivity contribution in [3.05, 3.63) is 109 Å². The molecule has 2 fully saturated rings. The van der Waals surface area contributed by atoms with Crippen LogP contribution in [-0.4, -0.2) is 142 Å². The number of hydrogen-bond acceptors (Lipinski definition) is 14. The van der Waals surface area contributed by atoms with E-state index < -0.39 is 86.7 Å². The molecule has 11 atom stereocenters. The molecule has 0 spiro atoms. The molecule has 2 heterocycles. The number of esters is 1. The van der Waals surface area contributed by atoms with Crippen LogP contribution in [0.4, 0.5) is 0 Å². The summed E-state index contributed by atoms with van der Waals surface area (Å²) in [6.07, 6.45) is 41.5. The minimum Gasteiger partial charge on any atom is -0.457 e. The van der Waals surface area contributed by atoms with Crippen molar-refractivity contribution in [1.82, 2.24) is 0 Å². The fourth-order valence-electron chi connectivity index (χ4n) is 7.54. The molecule has 11 unspecified atom stereocenters. The summed E-state index contributed by atoms with van der Waals surface area (Å²) in [4.78, 5) is 13.0. The Hall–Kier alpha value is -3.35. The summed E-state index contributed by atoms with van der Waals surface area (Å²) in [7, 11) is 0. The number of hydrogen-bond donors (Lipinski definition) is 7. The fourth-order valence-corrected chi connectivity index (χ4v) is 7.54. The standard InChI is InChI=1S/C57H92O14/c1-3-5-7-9-11-13-15-17-19-20-21-22-23-24-25-26-27-28-30-32-34-36-38-40-49(59)69-46(43-66-41-39-37-35-33-31-29-18-16-14-12-10-8-6-4-2)44-67-56-55(65)53(63)51(61)48(71-56)45-68-57-54(64)52(62)50(60)47(42-58)70-57/h5-8,11-14,17-19,21-22,24-25,27-29,46-48,50-58,60-65H,3-4,9-10,15-16,20,23,26,30-45H2,1-2H3/b7-5-,8-6-,13-11-,14-12-,19-17-,22-21-,25-24-,28-27-,29-18-. The lowest BCUT2D eigenvalue weighted by Gasteiger charge is -2.42. The molecule has 14 nitrogen and oxygen atoms in total. The van der Waals surface area contributed by atoms with Crippen LogP contribution >= 0.6 is 0 Å². The van der Waals surface area contributed by atoms with Crippen LogP contribution in [0.15, 0.2) is 109 Å². The molecule has 0 saturated carbocycles. The van der Waals surface area contributed by atoms with Crippen molar-refractivity contribution in [2.75, 3.05) is 33.0 Å². The molecular formula is C57H92O14. The highest BCUT2D eigenvalue weighted by molar-refractivity contribution is 5.69. The first-order valence-corrected chi connectivity index (χ1v) is 26.5. The highest BCUT2D eigenvalue weighted by atomic mass is 16.7.